The Bertz CT molecular complexity index is 4400. The molecule has 0 saturated carbocycles. The van der Waals surface area contributed by atoms with Crippen LogP contribution in [0.4, 0.5) is 0 Å². The van der Waals surface area contributed by atoms with E-state index in [1.807, 2.05) is 0 Å². The first-order valence-electron chi connectivity index (χ1n) is 25.5. The smallest absolute Gasteiger partial charge is 0.0541 e. The molecule has 346 valence electrons. The van der Waals surface area contributed by atoms with E-state index in [0.717, 1.165) is 5.69 Å². The Hall–Kier alpha value is -9.76. The van der Waals surface area contributed by atoms with Crippen molar-refractivity contribution in [1.29, 1.82) is 0 Å². The number of hydrogen-bond donors (Lipinski definition) is 0. The second-order valence-electron chi connectivity index (χ2n) is 19.3. The van der Waals surface area contributed by atoms with E-state index < -0.39 is 0 Å². The quantitative estimate of drug-likeness (QED) is 0.136. The topological polar surface area (TPSA) is 9.86 Å². The molecule has 2 nitrogen and oxygen atoms in total. The summed E-state index contributed by atoms with van der Waals surface area (Å²) >= 11 is 0. The molecule has 74 heavy (non-hydrogen) atoms. The molecule has 0 radical (unpaired) electrons. The lowest BCUT2D eigenvalue weighted by Crippen LogP contribution is -1.97. The van der Waals surface area contributed by atoms with Crippen molar-refractivity contribution < 1.29 is 0 Å². The van der Waals surface area contributed by atoms with E-state index in [2.05, 4.69) is 300 Å². The van der Waals surface area contributed by atoms with E-state index in [1.54, 1.807) is 0 Å². The van der Waals surface area contributed by atoms with Crippen LogP contribution in [0.5, 0.6) is 0 Å². The summed E-state index contributed by atoms with van der Waals surface area (Å²) in [4.78, 5) is 0. The van der Waals surface area contributed by atoms with Crippen LogP contribution in [0, 0.1) is 0 Å². The Morgan fingerprint density at radius 2 is 0.514 bits per heavy atom. The van der Waals surface area contributed by atoms with Crippen LogP contribution in [0.2, 0.25) is 0 Å². The molecular weight excluding hydrogens is 893 g/mol. The normalized spacial score (nSPS) is 11.5. The zero-order valence-electron chi connectivity index (χ0n) is 40.6. The monoisotopic (exact) mass is 940 g/mol. The molecule has 0 unspecified atom stereocenters. The van der Waals surface area contributed by atoms with Gasteiger partial charge in [0.2, 0.25) is 0 Å². The van der Waals surface area contributed by atoms with E-state index in [4.69, 9.17) is 0 Å². The first-order valence-corrected chi connectivity index (χ1v) is 25.5. The van der Waals surface area contributed by atoms with Gasteiger partial charge in [-0.2, -0.15) is 0 Å². The number of rotatable bonds is 9. The van der Waals surface area contributed by atoms with Crippen molar-refractivity contribution in [1.82, 2.24) is 9.13 Å². The van der Waals surface area contributed by atoms with Gasteiger partial charge < -0.3 is 9.13 Å². The minimum Gasteiger partial charge on any atom is -0.309 e. The first kappa shape index (κ1) is 43.1. The second-order valence-corrected chi connectivity index (χ2v) is 19.3. The molecule has 2 heterocycles. The van der Waals surface area contributed by atoms with E-state index in [-0.39, 0.29) is 0 Å². The summed E-state index contributed by atoms with van der Waals surface area (Å²) in [6, 6.07) is 106. The molecule has 0 aliphatic carbocycles. The van der Waals surface area contributed by atoms with Gasteiger partial charge in [0.15, 0.2) is 0 Å². The summed E-state index contributed by atoms with van der Waals surface area (Å²) in [6.07, 6.45) is 0. The van der Waals surface area contributed by atoms with Gasteiger partial charge in [-0.05, 0) is 145 Å². The van der Waals surface area contributed by atoms with Crippen LogP contribution in [-0.4, -0.2) is 9.13 Å². The summed E-state index contributed by atoms with van der Waals surface area (Å²) < 4.78 is 4.86. The minimum absolute atomic E-state index is 1.14. The molecule has 0 fully saturated rings. The van der Waals surface area contributed by atoms with E-state index in [0.29, 0.717) is 0 Å². The summed E-state index contributed by atoms with van der Waals surface area (Å²) in [6.45, 7) is 0. The summed E-state index contributed by atoms with van der Waals surface area (Å²) in [5.74, 6) is 0. The van der Waals surface area contributed by atoms with Crippen molar-refractivity contribution >= 4 is 43.6 Å². The largest absolute Gasteiger partial charge is 0.309 e. The second kappa shape index (κ2) is 18.1. The number of fused-ring (bicyclic) bond motifs is 6. The molecule has 0 aliphatic heterocycles. The van der Waals surface area contributed by atoms with Gasteiger partial charge in [0.05, 0.1) is 27.8 Å². The molecule has 0 bridgehead atoms. The average molecular weight is 941 g/mol. The highest BCUT2D eigenvalue weighted by Gasteiger charge is 2.18. The molecule has 2 aromatic heterocycles. The highest BCUT2D eigenvalue weighted by Crippen LogP contribution is 2.41. The van der Waals surface area contributed by atoms with Crippen molar-refractivity contribution in [2.45, 2.75) is 0 Å². The molecule has 14 aromatic rings. The lowest BCUT2D eigenvalue weighted by atomic mass is 9.94. The molecule has 2 heteroatoms. The number of para-hydroxylation sites is 3. The molecule has 0 atom stereocenters. The summed E-state index contributed by atoms with van der Waals surface area (Å²) in [7, 11) is 0. The average Bonchev–Trinajstić information content (AvgIpc) is 4.02. The summed E-state index contributed by atoms with van der Waals surface area (Å²) in [5.41, 5.74) is 23.9. The molecular formula is C72H48N2. The van der Waals surface area contributed by atoms with Crippen molar-refractivity contribution in [3.63, 3.8) is 0 Å². The fraction of sp³-hybridized carbons (Fsp3) is 0. The van der Waals surface area contributed by atoms with Gasteiger partial charge in [0.1, 0.15) is 0 Å². The molecule has 14 rings (SSSR count). The van der Waals surface area contributed by atoms with Gasteiger partial charge in [0.25, 0.3) is 0 Å². The van der Waals surface area contributed by atoms with Crippen molar-refractivity contribution in [3.05, 3.63) is 291 Å². The number of benzene rings is 12. The first-order chi connectivity index (χ1) is 36.7. The highest BCUT2D eigenvalue weighted by atomic mass is 15.0. The summed E-state index contributed by atoms with van der Waals surface area (Å²) in [5, 5.41) is 4.96. The van der Waals surface area contributed by atoms with Crippen LogP contribution in [0.25, 0.3) is 133 Å². The SMILES string of the molecule is c1ccc(-c2cccc(-c3cccc(-c4cccc(-c5ccc(-c6cccc(-n7c8ccccc8c8cc(-c9ccc%10c(c9)c9ccccc9n%10-c9ccccc9-c9ccccc9)ccc87)c6)cc5)c4)c3)c2)cc1. The molecule has 0 aliphatic rings. The Labute approximate surface area is 431 Å². The van der Waals surface area contributed by atoms with E-state index in [9.17, 15) is 0 Å². The van der Waals surface area contributed by atoms with Crippen molar-refractivity contribution in [3.8, 4) is 89.3 Å². The predicted molar refractivity (Wildman–Crippen MR) is 313 cm³/mol. The van der Waals surface area contributed by atoms with Gasteiger partial charge in [-0.25, -0.2) is 0 Å². The van der Waals surface area contributed by atoms with Crippen LogP contribution in [0.3, 0.4) is 0 Å². The lowest BCUT2D eigenvalue weighted by molar-refractivity contribution is 1.18. The highest BCUT2D eigenvalue weighted by molar-refractivity contribution is 6.13. The van der Waals surface area contributed by atoms with Crippen LogP contribution in [-0.2, 0) is 0 Å². The van der Waals surface area contributed by atoms with E-state index >= 15 is 0 Å². The van der Waals surface area contributed by atoms with Crippen LogP contribution >= 0.6 is 0 Å². The number of hydrogen-bond acceptors (Lipinski definition) is 0. The Balaban J connectivity index is 0.773. The predicted octanol–water partition coefficient (Wildman–Crippen LogP) is 19.5. The van der Waals surface area contributed by atoms with Crippen LogP contribution in [0.15, 0.2) is 291 Å². The van der Waals surface area contributed by atoms with Gasteiger partial charge >= 0.3 is 0 Å². The number of nitrogens with zero attached hydrogens (tertiary/aromatic N) is 2. The fourth-order valence-electron chi connectivity index (χ4n) is 11.3. The molecule has 0 spiro atoms. The van der Waals surface area contributed by atoms with Crippen molar-refractivity contribution in [2.75, 3.05) is 0 Å². The van der Waals surface area contributed by atoms with Gasteiger partial charge in [-0.15, -0.1) is 0 Å². The van der Waals surface area contributed by atoms with Crippen molar-refractivity contribution in [2.24, 2.45) is 0 Å². The van der Waals surface area contributed by atoms with Crippen LogP contribution < -0.4 is 0 Å². The fourth-order valence-corrected chi connectivity index (χ4v) is 11.3. The molecule has 0 N–H and O–H groups in total. The zero-order chi connectivity index (χ0) is 49.0. The molecule has 12 aromatic carbocycles. The van der Waals surface area contributed by atoms with Gasteiger partial charge in [0, 0.05) is 32.8 Å². The maximum absolute atomic E-state index is 2.43. The maximum atomic E-state index is 2.43. The Morgan fingerprint density at radius 3 is 1.05 bits per heavy atom. The third kappa shape index (κ3) is 7.60. The van der Waals surface area contributed by atoms with Gasteiger partial charge in [-0.3, -0.25) is 0 Å². The molecule has 0 saturated heterocycles. The zero-order valence-corrected chi connectivity index (χ0v) is 40.6. The minimum atomic E-state index is 1.14. The standard InChI is InChI=1S/C72H48N2/c1-3-17-49(18-4-1)53-21-13-23-55(43-53)57-25-15-26-58(45-57)56-24-14-22-54(44-56)50-35-37-51(38-36-50)59-27-16-28-62(46-59)73-69-33-11-8-30-64(69)66-47-60(39-41-71(66)73)61-40-42-72-67(48-61)65-31-9-12-34-70(65)74(72)68-32-10-7-29-63(68)52-19-5-2-6-20-52/h1-48H. The van der Waals surface area contributed by atoms with Gasteiger partial charge in [-0.1, -0.05) is 218 Å². The van der Waals surface area contributed by atoms with E-state index in [1.165, 1.54) is 127 Å². The third-order valence-electron chi connectivity index (χ3n) is 14.9. The van der Waals surface area contributed by atoms with Crippen LogP contribution in [0.1, 0.15) is 0 Å². The molecule has 0 amide bonds. The third-order valence-corrected chi connectivity index (χ3v) is 14.9. The lowest BCUT2D eigenvalue weighted by Gasteiger charge is -2.14. The Kier molecular flexibility index (Phi) is 10.6. The maximum Gasteiger partial charge on any atom is 0.0541 e. The number of aromatic nitrogens is 2. The Morgan fingerprint density at radius 1 is 0.176 bits per heavy atom.